The molecule has 3 N–H and O–H groups in total. The van der Waals surface area contributed by atoms with Gasteiger partial charge in [0.25, 0.3) is 0 Å². The average Bonchev–Trinajstić information content (AvgIpc) is 3.48. The number of thiophene rings is 2. The third-order valence-electron chi connectivity index (χ3n) is 5.72. The van der Waals surface area contributed by atoms with E-state index in [1.807, 2.05) is 41.8 Å². The van der Waals surface area contributed by atoms with E-state index in [9.17, 15) is 13.2 Å². The molecule has 8 heteroatoms. The minimum atomic E-state index is -4.70. The lowest BCUT2D eigenvalue weighted by molar-refractivity contribution is -0.0925. The standard InChI is InChI=1S/C27H26F3N3S2/c1-2-3-4-5-8-17-11-12-34-26(17)19-13-21(20(31)16-25(32)27(28,29)30)33-22(14-19)24-15-18-9-6-7-10-23(18)35-24/h6-7,9-16,31H,2-5,8,32H2,1H3. The third kappa shape index (κ3) is 6.00. The quantitative estimate of drug-likeness (QED) is 0.174. The van der Waals surface area contributed by atoms with Crippen LogP contribution in [0.4, 0.5) is 13.2 Å². The summed E-state index contributed by atoms with van der Waals surface area (Å²) in [5.74, 6) is 0. The molecule has 0 saturated heterocycles. The number of alkyl halides is 3. The van der Waals surface area contributed by atoms with Crippen LogP contribution in [0.15, 0.2) is 65.7 Å². The predicted octanol–water partition coefficient (Wildman–Crippen LogP) is 8.59. The smallest absolute Gasteiger partial charge is 0.395 e. The van der Waals surface area contributed by atoms with Crippen molar-refractivity contribution in [2.24, 2.45) is 5.73 Å². The molecule has 0 atom stereocenters. The van der Waals surface area contributed by atoms with Gasteiger partial charge >= 0.3 is 6.18 Å². The highest BCUT2D eigenvalue weighted by Crippen LogP contribution is 2.37. The zero-order valence-electron chi connectivity index (χ0n) is 19.3. The Morgan fingerprint density at radius 1 is 1.09 bits per heavy atom. The van der Waals surface area contributed by atoms with Crippen LogP contribution >= 0.6 is 22.7 Å². The number of nitrogens with zero attached hydrogens (tertiary/aromatic N) is 1. The van der Waals surface area contributed by atoms with Gasteiger partial charge in [-0.05, 0) is 71.1 Å². The molecular formula is C27H26F3N3S2. The van der Waals surface area contributed by atoms with Gasteiger partial charge in [-0.3, -0.25) is 5.41 Å². The highest BCUT2D eigenvalue weighted by atomic mass is 32.1. The van der Waals surface area contributed by atoms with Crippen molar-refractivity contribution in [3.05, 3.63) is 76.9 Å². The lowest BCUT2D eigenvalue weighted by Gasteiger charge is -2.10. The van der Waals surface area contributed by atoms with Crippen molar-refractivity contribution in [1.82, 2.24) is 4.98 Å². The number of benzene rings is 1. The van der Waals surface area contributed by atoms with Crippen LogP contribution in [0, 0.1) is 5.41 Å². The molecule has 182 valence electrons. The topological polar surface area (TPSA) is 62.8 Å². The number of unbranched alkanes of at least 4 members (excludes halogenated alkanes) is 3. The molecule has 3 heterocycles. The molecule has 4 rings (SSSR count). The molecule has 3 aromatic heterocycles. The number of pyridine rings is 1. The maximum atomic E-state index is 13.0. The number of halogens is 3. The van der Waals surface area contributed by atoms with E-state index in [-0.39, 0.29) is 11.4 Å². The molecule has 0 spiro atoms. The Morgan fingerprint density at radius 3 is 2.63 bits per heavy atom. The molecule has 0 bridgehead atoms. The highest BCUT2D eigenvalue weighted by Gasteiger charge is 2.31. The number of allylic oxidation sites excluding steroid dienone is 2. The minimum Gasteiger partial charge on any atom is -0.395 e. The predicted molar refractivity (Wildman–Crippen MR) is 141 cm³/mol. The Bertz CT molecular complexity index is 1330. The number of fused-ring (bicyclic) bond motifs is 1. The first-order chi connectivity index (χ1) is 16.8. The summed E-state index contributed by atoms with van der Waals surface area (Å²) < 4.78 is 40.1. The van der Waals surface area contributed by atoms with E-state index in [0.717, 1.165) is 44.7 Å². The summed E-state index contributed by atoms with van der Waals surface area (Å²) in [6.45, 7) is 2.18. The van der Waals surface area contributed by atoms with Gasteiger partial charge in [0.2, 0.25) is 0 Å². The number of hydrogen-bond donors (Lipinski definition) is 2. The van der Waals surface area contributed by atoms with E-state index in [0.29, 0.717) is 11.8 Å². The van der Waals surface area contributed by atoms with Crippen LogP contribution in [0.3, 0.4) is 0 Å². The SMILES string of the molecule is CCCCCCc1ccsc1-c1cc(C(=N)C=C(N)C(F)(F)F)nc(-c2cc3ccccc3s2)c1. The molecule has 0 saturated carbocycles. The van der Waals surface area contributed by atoms with E-state index >= 15 is 0 Å². The molecule has 0 unspecified atom stereocenters. The maximum Gasteiger partial charge on any atom is 0.430 e. The Kier molecular flexibility index (Phi) is 7.72. The van der Waals surface area contributed by atoms with E-state index in [2.05, 4.69) is 18.0 Å². The fourth-order valence-corrected chi connectivity index (χ4v) is 5.84. The molecule has 4 aromatic rings. The minimum absolute atomic E-state index is 0.160. The Balaban J connectivity index is 1.78. The number of rotatable bonds is 9. The summed E-state index contributed by atoms with van der Waals surface area (Å²) >= 11 is 3.17. The third-order valence-corrected chi connectivity index (χ3v) is 7.86. The van der Waals surface area contributed by atoms with Crippen LogP contribution in [0.1, 0.15) is 43.9 Å². The second-order valence-electron chi connectivity index (χ2n) is 8.37. The van der Waals surface area contributed by atoms with Crippen molar-refractivity contribution >= 4 is 38.5 Å². The van der Waals surface area contributed by atoms with Gasteiger partial charge in [-0.1, -0.05) is 44.4 Å². The lowest BCUT2D eigenvalue weighted by Crippen LogP contribution is -2.21. The normalized spacial score (nSPS) is 12.4. The van der Waals surface area contributed by atoms with Gasteiger partial charge in [0, 0.05) is 9.58 Å². The van der Waals surface area contributed by atoms with Crippen molar-refractivity contribution in [3.63, 3.8) is 0 Å². The maximum absolute atomic E-state index is 13.0. The molecule has 0 amide bonds. The van der Waals surface area contributed by atoms with E-state index in [1.165, 1.54) is 18.4 Å². The highest BCUT2D eigenvalue weighted by molar-refractivity contribution is 7.22. The number of nitrogens with one attached hydrogen (secondary N) is 1. The zero-order chi connectivity index (χ0) is 25.0. The van der Waals surface area contributed by atoms with Crippen LogP contribution < -0.4 is 5.73 Å². The van der Waals surface area contributed by atoms with Gasteiger partial charge < -0.3 is 5.73 Å². The fraction of sp³-hybridized carbons (Fsp3) is 0.259. The van der Waals surface area contributed by atoms with Crippen molar-refractivity contribution in [2.75, 3.05) is 0 Å². The largest absolute Gasteiger partial charge is 0.430 e. The second kappa shape index (κ2) is 10.7. The summed E-state index contributed by atoms with van der Waals surface area (Å²) in [4.78, 5) is 6.55. The fourth-order valence-electron chi connectivity index (χ4n) is 3.87. The molecule has 0 radical (unpaired) electrons. The van der Waals surface area contributed by atoms with Crippen LogP contribution in [-0.2, 0) is 6.42 Å². The molecule has 0 aliphatic carbocycles. The molecule has 1 aromatic carbocycles. The first-order valence-corrected chi connectivity index (χ1v) is 13.2. The molecule has 0 fully saturated rings. The van der Waals surface area contributed by atoms with E-state index in [4.69, 9.17) is 11.1 Å². The lowest BCUT2D eigenvalue weighted by atomic mass is 10.0. The van der Waals surface area contributed by atoms with Crippen LogP contribution in [0.25, 0.3) is 31.1 Å². The van der Waals surface area contributed by atoms with Crippen LogP contribution in [0.2, 0.25) is 0 Å². The van der Waals surface area contributed by atoms with Gasteiger partial charge in [-0.25, -0.2) is 4.98 Å². The van der Waals surface area contributed by atoms with E-state index in [1.54, 1.807) is 28.7 Å². The number of aromatic nitrogens is 1. The summed E-state index contributed by atoms with van der Waals surface area (Å²) in [5.41, 5.74) is 6.37. The number of nitrogens with two attached hydrogens (primary N) is 1. The Morgan fingerprint density at radius 2 is 1.89 bits per heavy atom. The van der Waals surface area contributed by atoms with Gasteiger partial charge in [-0.15, -0.1) is 22.7 Å². The number of aryl methyl sites for hydroxylation is 1. The summed E-state index contributed by atoms with van der Waals surface area (Å²) in [6.07, 6.45) is 1.48. The summed E-state index contributed by atoms with van der Waals surface area (Å²) in [7, 11) is 0. The first-order valence-electron chi connectivity index (χ1n) is 11.5. The average molecular weight is 514 g/mol. The van der Waals surface area contributed by atoms with Gasteiger partial charge in [0.15, 0.2) is 0 Å². The van der Waals surface area contributed by atoms with Gasteiger partial charge in [-0.2, -0.15) is 13.2 Å². The van der Waals surface area contributed by atoms with Crippen molar-refractivity contribution < 1.29 is 13.2 Å². The van der Waals surface area contributed by atoms with Crippen molar-refractivity contribution in [1.29, 1.82) is 5.41 Å². The molecule has 3 nitrogen and oxygen atoms in total. The molecular weight excluding hydrogens is 487 g/mol. The number of hydrogen-bond acceptors (Lipinski definition) is 5. The summed E-state index contributed by atoms with van der Waals surface area (Å²) in [5, 5.41) is 11.4. The first kappa shape index (κ1) is 25.1. The molecule has 0 aliphatic heterocycles. The molecule has 0 aliphatic rings. The van der Waals surface area contributed by atoms with Gasteiger partial charge in [0.1, 0.15) is 5.70 Å². The van der Waals surface area contributed by atoms with Crippen LogP contribution in [0.5, 0.6) is 0 Å². The van der Waals surface area contributed by atoms with Crippen molar-refractivity contribution in [2.45, 2.75) is 45.2 Å². The van der Waals surface area contributed by atoms with Crippen molar-refractivity contribution in [3.8, 4) is 21.0 Å². The van der Waals surface area contributed by atoms with Crippen LogP contribution in [-0.4, -0.2) is 16.9 Å². The Hall–Kier alpha value is -2.97. The molecule has 35 heavy (non-hydrogen) atoms. The second-order valence-corrected chi connectivity index (χ2v) is 10.4. The van der Waals surface area contributed by atoms with E-state index < -0.39 is 11.9 Å². The summed E-state index contributed by atoms with van der Waals surface area (Å²) in [6, 6.07) is 15.8. The Labute approximate surface area is 210 Å². The zero-order valence-corrected chi connectivity index (χ0v) is 20.9. The van der Waals surface area contributed by atoms with Gasteiger partial charge in [0.05, 0.1) is 22.0 Å². The monoisotopic (exact) mass is 513 g/mol.